The van der Waals surface area contributed by atoms with Gasteiger partial charge in [0, 0.05) is 12.8 Å². The lowest BCUT2D eigenvalue weighted by Crippen LogP contribution is -2.54. The van der Waals surface area contributed by atoms with Crippen molar-refractivity contribution < 1.29 is 23.9 Å². The molecule has 1 aliphatic carbocycles. The van der Waals surface area contributed by atoms with Crippen LogP contribution in [-0.2, 0) is 22.4 Å². The van der Waals surface area contributed by atoms with Gasteiger partial charge in [0.1, 0.15) is 17.9 Å². The number of aryl methyl sites for hydroxylation is 1. The van der Waals surface area contributed by atoms with Gasteiger partial charge in [-0.25, -0.2) is 0 Å². The second-order valence-corrected chi connectivity index (χ2v) is 7.88. The number of carbonyl (C=O) groups excluding carboxylic acids is 4. The molecule has 0 radical (unpaired) electrons. The monoisotopic (exact) mass is 404 g/mol. The smallest absolute Gasteiger partial charge is 0.266 e. The van der Waals surface area contributed by atoms with Gasteiger partial charge in [0.05, 0.1) is 11.1 Å². The molecule has 1 unspecified atom stereocenters. The van der Waals surface area contributed by atoms with Gasteiger partial charge >= 0.3 is 0 Å². The van der Waals surface area contributed by atoms with Gasteiger partial charge in [-0.1, -0.05) is 30.3 Å². The summed E-state index contributed by atoms with van der Waals surface area (Å²) in [5.41, 5.74) is 2.98. The predicted octanol–water partition coefficient (Wildman–Crippen LogP) is 2.02. The number of nitrogens with one attached hydrogen (secondary N) is 1. The van der Waals surface area contributed by atoms with Crippen LogP contribution in [0.3, 0.4) is 0 Å². The van der Waals surface area contributed by atoms with E-state index >= 15 is 0 Å². The molecule has 1 N–H and O–H groups in total. The van der Waals surface area contributed by atoms with Crippen LogP contribution >= 0.6 is 0 Å². The molecule has 0 saturated carbocycles. The predicted molar refractivity (Wildman–Crippen MR) is 106 cm³/mol. The molecule has 4 amide bonds. The Balaban J connectivity index is 1.41. The largest absolute Gasteiger partial charge is 0.489 e. The van der Waals surface area contributed by atoms with Crippen molar-refractivity contribution in [2.45, 2.75) is 44.2 Å². The number of imide groups is 2. The average molecular weight is 404 g/mol. The number of nitrogens with zero attached hydrogens (tertiary/aromatic N) is 1. The fourth-order valence-electron chi connectivity index (χ4n) is 4.53. The third-order valence-corrected chi connectivity index (χ3v) is 6.03. The molecular weight excluding hydrogens is 384 g/mol. The van der Waals surface area contributed by atoms with Gasteiger partial charge < -0.3 is 4.74 Å². The van der Waals surface area contributed by atoms with E-state index in [2.05, 4.69) is 17.4 Å². The molecular formula is C23H20N2O5. The average Bonchev–Trinajstić information content (AvgIpc) is 2.99. The van der Waals surface area contributed by atoms with Crippen molar-refractivity contribution in [3.05, 3.63) is 64.7 Å². The van der Waals surface area contributed by atoms with Crippen molar-refractivity contribution in [3.63, 3.8) is 0 Å². The van der Waals surface area contributed by atoms with Crippen LogP contribution in [0.5, 0.6) is 5.75 Å². The van der Waals surface area contributed by atoms with Crippen LogP contribution in [0.15, 0.2) is 42.5 Å². The Kier molecular flexibility index (Phi) is 4.38. The number of fused-ring (bicyclic) bond motifs is 2. The lowest BCUT2D eigenvalue weighted by atomic mass is 9.90. The molecule has 3 aliphatic rings. The first kappa shape index (κ1) is 18.5. The molecule has 1 fully saturated rings. The Hall–Kier alpha value is -3.48. The second-order valence-electron chi connectivity index (χ2n) is 7.88. The van der Waals surface area contributed by atoms with Crippen molar-refractivity contribution >= 4 is 23.6 Å². The molecule has 2 aromatic rings. The zero-order valence-corrected chi connectivity index (χ0v) is 16.2. The summed E-state index contributed by atoms with van der Waals surface area (Å²) in [7, 11) is 0. The van der Waals surface area contributed by atoms with Crippen LogP contribution in [-0.4, -0.2) is 40.7 Å². The quantitative estimate of drug-likeness (QED) is 0.791. The fraction of sp³-hybridized carbons (Fsp3) is 0.304. The Labute approximate surface area is 173 Å². The van der Waals surface area contributed by atoms with Crippen molar-refractivity contribution in [3.8, 4) is 5.75 Å². The van der Waals surface area contributed by atoms with Crippen molar-refractivity contribution in [2.75, 3.05) is 0 Å². The summed E-state index contributed by atoms with van der Waals surface area (Å²) < 4.78 is 6.20. The van der Waals surface area contributed by atoms with E-state index < -0.39 is 29.7 Å². The van der Waals surface area contributed by atoms with Crippen LogP contribution in [0.2, 0.25) is 0 Å². The highest BCUT2D eigenvalue weighted by atomic mass is 16.5. The minimum atomic E-state index is -0.982. The molecule has 7 heteroatoms. The summed E-state index contributed by atoms with van der Waals surface area (Å²) >= 11 is 0. The molecule has 5 rings (SSSR count). The number of ether oxygens (including phenoxy) is 1. The number of piperidine rings is 1. The summed E-state index contributed by atoms with van der Waals surface area (Å²) in [6, 6.07) is 12.2. The van der Waals surface area contributed by atoms with Crippen LogP contribution < -0.4 is 10.1 Å². The van der Waals surface area contributed by atoms with Gasteiger partial charge in [0.25, 0.3) is 11.8 Å². The summed E-state index contributed by atoms with van der Waals surface area (Å²) in [5.74, 6) is -1.72. The Morgan fingerprint density at radius 1 is 0.867 bits per heavy atom. The number of rotatable bonds is 3. The first-order valence-corrected chi connectivity index (χ1v) is 10.1. The standard InChI is InChI=1S/C23H20N2O5/c26-19-11-10-17(21(27)24-19)25-22(28)16-6-3-7-18(20(16)23(25)29)30-15-9-8-13-4-1-2-5-14(13)12-15/h1-7,15,17H,8-12H2,(H,24,26,27)/t15-,17?/m0/s1. The Bertz CT molecular complexity index is 1090. The van der Waals surface area contributed by atoms with Crippen LogP contribution in [0.4, 0.5) is 0 Å². The lowest BCUT2D eigenvalue weighted by molar-refractivity contribution is -0.136. The van der Waals surface area contributed by atoms with Crippen LogP contribution in [0.25, 0.3) is 0 Å². The molecule has 0 aromatic heterocycles. The zero-order chi connectivity index (χ0) is 20.8. The highest BCUT2D eigenvalue weighted by Crippen LogP contribution is 2.35. The van der Waals surface area contributed by atoms with E-state index in [1.54, 1.807) is 18.2 Å². The Morgan fingerprint density at radius 2 is 1.67 bits per heavy atom. The summed E-state index contributed by atoms with van der Waals surface area (Å²) in [6.07, 6.45) is 2.57. The number of hydrogen-bond donors (Lipinski definition) is 1. The van der Waals surface area contributed by atoms with E-state index in [-0.39, 0.29) is 30.1 Å². The first-order chi connectivity index (χ1) is 14.5. The maximum atomic E-state index is 13.2. The third-order valence-electron chi connectivity index (χ3n) is 6.03. The van der Waals surface area contributed by atoms with Gasteiger partial charge in [0.2, 0.25) is 11.8 Å². The molecule has 2 heterocycles. The molecule has 7 nitrogen and oxygen atoms in total. The molecule has 30 heavy (non-hydrogen) atoms. The molecule has 1 saturated heterocycles. The maximum absolute atomic E-state index is 13.2. The highest BCUT2D eigenvalue weighted by Gasteiger charge is 2.46. The van der Waals surface area contributed by atoms with Crippen LogP contribution in [0, 0.1) is 0 Å². The first-order valence-electron chi connectivity index (χ1n) is 10.1. The maximum Gasteiger partial charge on any atom is 0.266 e. The molecule has 0 spiro atoms. The van der Waals surface area contributed by atoms with Gasteiger partial charge in [0.15, 0.2) is 0 Å². The summed E-state index contributed by atoms with van der Waals surface area (Å²) in [4.78, 5) is 50.7. The number of carbonyl (C=O) groups is 4. The van der Waals surface area contributed by atoms with Gasteiger partial charge in [-0.15, -0.1) is 0 Å². The SMILES string of the molecule is O=C1CCC(N2C(=O)c3cccc(O[C@H]4CCc5ccccc5C4)c3C2=O)C(=O)N1. The van der Waals surface area contributed by atoms with E-state index in [1.807, 2.05) is 12.1 Å². The number of benzene rings is 2. The van der Waals surface area contributed by atoms with Gasteiger partial charge in [-0.2, -0.15) is 0 Å². The fourth-order valence-corrected chi connectivity index (χ4v) is 4.53. The number of hydrogen-bond acceptors (Lipinski definition) is 5. The van der Waals surface area contributed by atoms with Crippen molar-refractivity contribution in [1.29, 1.82) is 0 Å². The minimum Gasteiger partial charge on any atom is -0.489 e. The molecule has 2 aliphatic heterocycles. The normalized spacial score (nSPS) is 23.1. The minimum absolute atomic E-state index is 0.0919. The highest BCUT2D eigenvalue weighted by molar-refractivity contribution is 6.24. The molecule has 152 valence electrons. The van der Waals surface area contributed by atoms with E-state index in [0.29, 0.717) is 5.75 Å². The third kappa shape index (κ3) is 2.98. The van der Waals surface area contributed by atoms with E-state index in [4.69, 9.17) is 4.74 Å². The number of amides is 4. The van der Waals surface area contributed by atoms with Crippen molar-refractivity contribution in [1.82, 2.24) is 10.2 Å². The van der Waals surface area contributed by atoms with E-state index in [9.17, 15) is 19.2 Å². The molecule has 2 aromatic carbocycles. The van der Waals surface area contributed by atoms with Crippen LogP contribution in [0.1, 0.15) is 51.1 Å². The zero-order valence-electron chi connectivity index (χ0n) is 16.2. The summed E-state index contributed by atoms with van der Waals surface area (Å²) in [6.45, 7) is 0. The van der Waals surface area contributed by atoms with Gasteiger partial charge in [-0.05, 0) is 42.5 Å². The molecule has 2 atom stereocenters. The lowest BCUT2D eigenvalue weighted by Gasteiger charge is -2.28. The van der Waals surface area contributed by atoms with Gasteiger partial charge in [-0.3, -0.25) is 29.4 Å². The topological polar surface area (TPSA) is 92.8 Å². The second kappa shape index (κ2) is 7.09. The van der Waals surface area contributed by atoms with Crippen molar-refractivity contribution in [2.24, 2.45) is 0 Å². The van der Waals surface area contributed by atoms with E-state index in [0.717, 1.165) is 24.2 Å². The summed E-state index contributed by atoms with van der Waals surface area (Å²) in [5, 5.41) is 2.21. The molecule has 0 bridgehead atoms. The van der Waals surface area contributed by atoms with E-state index in [1.165, 1.54) is 11.1 Å². The Morgan fingerprint density at radius 3 is 2.47 bits per heavy atom.